The Kier molecular flexibility index (Phi) is 3.79. The molecule has 1 aliphatic heterocycles. The molecular weight excluding hydrogens is 326 g/mol. The van der Waals surface area contributed by atoms with E-state index in [-0.39, 0.29) is 11.6 Å². The Labute approximate surface area is 133 Å². The summed E-state index contributed by atoms with van der Waals surface area (Å²) in [4.78, 5) is 17.8. The third-order valence-electron chi connectivity index (χ3n) is 3.85. The van der Waals surface area contributed by atoms with Crippen LogP contribution < -0.4 is 11.3 Å². The number of hydrogen-bond donors (Lipinski definition) is 4. The number of aromatic amines is 1. The summed E-state index contributed by atoms with van der Waals surface area (Å²) in [6.07, 6.45) is -3.87. The van der Waals surface area contributed by atoms with Gasteiger partial charge >= 0.3 is 0 Å². The Morgan fingerprint density at radius 3 is 2.96 bits per heavy atom. The number of anilines is 1. The van der Waals surface area contributed by atoms with Crippen molar-refractivity contribution < 1.29 is 23.7 Å². The third kappa shape index (κ3) is 2.17. The molecule has 0 spiro atoms. The van der Waals surface area contributed by atoms with Crippen LogP contribution in [0.5, 0.6) is 0 Å². The molecule has 3 heterocycles. The summed E-state index contributed by atoms with van der Waals surface area (Å²) in [7, 11) is 0. The molecule has 2 aromatic heterocycles. The normalized spacial score (nSPS) is 29.6. The average molecular weight is 340 g/mol. The fourth-order valence-electron chi connectivity index (χ4n) is 2.80. The van der Waals surface area contributed by atoms with Crippen molar-refractivity contribution in [2.75, 3.05) is 12.3 Å². The van der Waals surface area contributed by atoms with Gasteiger partial charge in [0.1, 0.15) is 17.6 Å². The summed E-state index contributed by atoms with van der Waals surface area (Å²) < 4.78 is 35.6. The van der Waals surface area contributed by atoms with Crippen LogP contribution in [0.2, 0.25) is 0 Å². The maximum Gasteiger partial charge on any atom is 0.264 e. The first-order valence-corrected chi connectivity index (χ1v) is 6.96. The van der Waals surface area contributed by atoms with Crippen LogP contribution in [0, 0.1) is 17.7 Å². The number of fused-ring (bicyclic) bond motifs is 1. The van der Waals surface area contributed by atoms with Crippen LogP contribution >= 0.6 is 0 Å². The number of alkyl halides is 1. The van der Waals surface area contributed by atoms with Crippen molar-refractivity contribution in [3.63, 3.8) is 0 Å². The molecule has 1 fully saturated rings. The number of aliphatic hydroxyl groups excluding tert-OH is 2. The lowest BCUT2D eigenvalue weighted by atomic mass is 9.96. The van der Waals surface area contributed by atoms with Gasteiger partial charge < -0.3 is 20.7 Å². The van der Waals surface area contributed by atoms with Gasteiger partial charge in [0.25, 0.3) is 5.56 Å². The molecule has 3 rings (SSSR count). The third-order valence-corrected chi connectivity index (χ3v) is 3.85. The van der Waals surface area contributed by atoms with E-state index in [1.54, 1.807) is 0 Å². The second-order valence-corrected chi connectivity index (χ2v) is 5.33. The number of rotatable bonds is 2. The van der Waals surface area contributed by atoms with E-state index >= 15 is 4.39 Å². The molecule has 0 saturated carbocycles. The average Bonchev–Trinajstić information content (AvgIpc) is 2.96. The van der Waals surface area contributed by atoms with E-state index in [1.807, 2.05) is 0 Å². The molecule has 0 amide bonds. The predicted octanol–water partition coefficient (Wildman–Crippen LogP) is -0.572. The number of nitrogens with one attached hydrogen (secondary N) is 1. The van der Waals surface area contributed by atoms with Crippen LogP contribution in [0.25, 0.3) is 11.0 Å². The number of nitrogens with zero attached hydrogens (tertiary/aromatic N) is 2. The largest absolute Gasteiger partial charge is 0.394 e. The lowest BCUT2D eigenvalue weighted by molar-refractivity contribution is -0.0503. The summed E-state index contributed by atoms with van der Waals surface area (Å²) >= 11 is 0. The summed E-state index contributed by atoms with van der Waals surface area (Å²) in [5.74, 6) is 3.27. The number of halogens is 2. The summed E-state index contributed by atoms with van der Waals surface area (Å²) in [5, 5.41) is 18.9. The van der Waals surface area contributed by atoms with E-state index < -0.39 is 47.5 Å². The molecule has 2 aromatic rings. The maximum atomic E-state index is 15.3. The Bertz CT molecular complexity index is 915. The van der Waals surface area contributed by atoms with Gasteiger partial charge in [-0.25, -0.2) is 8.78 Å². The van der Waals surface area contributed by atoms with Gasteiger partial charge in [-0.15, -0.1) is 5.92 Å². The highest BCUT2D eigenvalue weighted by molar-refractivity contribution is 5.77. The van der Waals surface area contributed by atoms with E-state index in [4.69, 9.17) is 10.5 Å². The van der Waals surface area contributed by atoms with Crippen LogP contribution in [-0.4, -0.2) is 49.2 Å². The number of nitrogen functional groups attached to an aromatic ring is 1. The molecule has 1 aliphatic rings. The molecule has 0 aromatic carbocycles. The van der Waals surface area contributed by atoms with Crippen molar-refractivity contribution in [2.45, 2.75) is 31.0 Å². The molecule has 1 saturated heterocycles. The summed E-state index contributed by atoms with van der Waals surface area (Å²) in [6.45, 7) is 0.680. The van der Waals surface area contributed by atoms with Gasteiger partial charge in [0.15, 0.2) is 17.7 Å². The minimum absolute atomic E-state index is 0.260. The summed E-state index contributed by atoms with van der Waals surface area (Å²) in [5.41, 5.74) is 1.72. The molecule has 0 aliphatic carbocycles. The zero-order chi connectivity index (χ0) is 17.6. The summed E-state index contributed by atoms with van der Waals surface area (Å²) in [6, 6.07) is 0. The molecule has 24 heavy (non-hydrogen) atoms. The molecular formula is C14H14F2N4O4. The van der Waals surface area contributed by atoms with E-state index in [9.17, 15) is 19.4 Å². The topological polar surface area (TPSA) is 126 Å². The SMILES string of the molecule is CC#CC1(F)[C@@H](O)[C@@H](CO)O[C@H]1n1cc(F)c2c(=O)[nH]c(N)nc21. The zero-order valence-corrected chi connectivity index (χ0v) is 12.5. The van der Waals surface area contributed by atoms with Crippen LogP contribution in [0.4, 0.5) is 14.7 Å². The highest BCUT2D eigenvalue weighted by Gasteiger charge is 2.57. The molecule has 10 heteroatoms. The number of aliphatic hydroxyl groups is 2. The Balaban J connectivity index is 2.26. The molecule has 0 bridgehead atoms. The zero-order valence-electron chi connectivity index (χ0n) is 12.5. The number of aromatic nitrogens is 3. The highest BCUT2D eigenvalue weighted by Crippen LogP contribution is 2.42. The second kappa shape index (κ2) is 5.55. The Hall–Kier alpha value is -2.48. The van der Waals surface area contributed by atoms with Crippen LogP contribution in [0.3, 0.4) is 0 Å². The standard InChI is InChI=1S/C14H14F2N4O4/c1-2-3-14(16)9(22)7(5-21)24-12(14)20-4-6(15)8-10(20)18-13(17)19-11(8)23/h4,7,9,12,21-22H,5H2,1H3,(H3,17,18,19,23)/t7-,9+,12-,14?/m1/s1. The van der Waals surface area contributed by atoms with Crippen LogP contribution in [0.1, 0.15) is 13.2 Å². The first-order chi connectivity index (χ1) is 11.3. The second-order valence-electron chi connectivity index (χ2n) is 5.33. The Morgan fingerprint density at radius 2 is 2.33 bits per heavy atom. The van der Waals surface area contributed by atoms with Gasteiger partial charge in [-0.3, -0.25) is 14.3 Å². The number of H-pyrrole nitrogens is 1. The maximum absolute atomic E-state index is 15.3. The van der Waals surface area contributed by atoms with Gasteiger partial charge in [-0.1, -0.05) is 5.92 Å². The molecule has 5 N–H and O–H groups in total. The van der Waals surface area contributed by atoms with Crippen molar-refractivity contribution in [2.24, 2.45) is 0 Å². The van der Waals surface area contributed by atoms with Gasteiger partial charge in [-0.05, 0) is 6.92 Å². The first kappa shape index (κ1) is 16.4. The van der Waals surface area contributed by atoms with Gasteiger partial charge in [0.2, 0.25) is 11.6 Å². The van der Waals surface area contributed by atoms with E-state index in [1.165, 1.54) is 6.92 Å². The minimum atomic E-state index is -2.64. The molecule has 0 radical (unpaired) electrons. The molecule has 4 atom stereocenters. The molecule has 1 unspecified atom stereocenters. The molecule has 8 nitrogen and oxygen atoms in total. The number of hydrogen-bond acceptors (Lipinski definition) is 6. The first-order valence-electron chi connectivity index (χ1n) is 6.96. The van der Waals surface area contributed by atoms with E-state index in [0.29, 0.717) is 0 Å². The lowest BCUT2D eigenvalue weighted by Crippen LogP contribution is -2.42. The monoisotopic (exact) mass is 340 g/mol. The lowest BCUT2D eigenvalue weighted by Gasteiger charge is -2.24. The van der Waals surface area contributed by atoms with Gasteiger partial charge in [0.05, 0.1) is 6.61 Å². The minimum Gasteiger partial charge on any atom is -0.394 e. The van der Waals surface area contributed by atoms with Crippen LogP contribution in [-0.2, 0) is 4.74 Å². The highest BCUT2D eigenvalue weighted by atomic mass is 19.1. The predicted molar refractivity (Wildman–Crippen MR) is 79.0 cm³/mol. The fourth-order valence-corrected chi connectivity index (χ4v) is 2.80. The fraction of sp³-hybridized carbons (Fsp3) is 0.429. The van der Waals surface area contributed by atoms with Crippen molar-refractivity contribution in [1.29, 1.82) is 0 Å². The number of ether oxygens (including phenoxy) is 1. The Morgan fingerprint density at radius 1 is 1.62 bits per heavy atom. The van der Waals surface area contributed by atoms with Crippen molar-refractivity contribution in [3.05, 3.63) is 22.4 Å². The van der Waals surface area contributed by atoms with Crippen molar-refractivity contribution in [3.8, 4) is 11.8 Å². The number of nitrogens with two attached hydrogens (primary N) is 1. The quantitative estimate of drug-likeness (QED) is 0.542. The smallest absolute Gasteiger partial charge is 0.264 e. The van der Waals surface area contributed by atoms with Gasteiger partial charge in [0, 0.05) is 6.20 Å². The van der Waals surface area contributed by atoms with E-state index in [0.717, 1.165) is 10.8 Å². The van der Waals surface area contributed by atoms with Crippen molar-refractivity contribution in [1.82, 2.24) is 14.5 Å². The van der Waals surface area contributed by atoms with Crippen molar-refractivity contribution >= 4 is 17.0 Å². The molecule has 128 valence electrons. The van der Waals surface area contributed by atoms with Gasteiger partial charge in [-0.2, -0.15) is 4.98 Å². The van der Waals surface area contributed by atoms with E-state index in [2.05, 4.69) is 21.8 Å². The van der Waals surface area contributed by atoms with Crippen LogP contribution in [0.15, 0.2) is 11.0 Å².